The molecule has 0 fully saturated rings. The average Bonchev–Trinajstić information content (AvgIpc) is 3.20. The first-order valence-corrected chi connectivity index (χ1v) is 8.05. The quantitative estimate of drug-likeness (QED) is 0.733. The third-order valence-electron chi connectivity index (χ3n) is 3.97. The summed E-state index contributed by atoms with van der Waals surface area (Å²) < 4.78 is 14.0. The molecule has 0 saturated heterocycles. The summed E-state index contributed by atoms with van der Waals surface area (Å²) >= 11 is 0. The van der Waals surface area contributed by atoms with Crippen LogP contribution in [0.3, 0.4) is 0 Å². The predicted molar refractivity (Wildman–Crippen MR) is 96.8 cm³/mol. The average molecular weight is 355 g/mol. The second-order valence-electron chi connectivity index (χ2n) is 5.86. The van der Waals surface area contributed by atoms with Crippen molar-refractivity contribution in [1.82, 2.24) is 19.3 Å². The van der Waals surface area contributed by atoms with Crippen molar-refractivity contribution in [3.63, 3.8) is 0 Å². The summed E-state index contributed by atoms with van der Waals surface area (Å²) in [6.45, 7) is 2.36. The molecule has 3 aromatic rings. The Morgan fingerprint density at radius 1 is 1.19 bits per heavy atom. The summed E-state index contributed by atoms with van der Waals surface area (Å²) in [6, 6.07) is 7.50. The summed E-state index contributed by atoms with van der Waals surface area (Å²) in [6.07, 6.45) is 3.11. The molecule has 136 valence electrons. The van der Waals surface area contributed by atoms with Crippen LogP contribution < -0.4 is 14.8 Å². The first kappa shape index (κ1) is 17.5. The Morgan fingerprint density at radius 2 is 1.96 bits per heavy atom. The van der Waals surface area contributed by atoms with Gasteiger partial charge in [-0.1, -0.05) is 6.07 Å². The minimum absolute atomic E-state index is 0.238. The van der Waals surface area contributed by atoms with E-state index in [9.17, 15) is 4.79 Å². The number of carbonyl (C=O) groups is 1. The molecule has 0 aliphatic rings. The van der Waals surface area contributed by atoms with E-state index in [0.717, 1.165) is 11.3 Å². The molecule has 0 unspecified atom stereocenters. The van der Waals surface area contributed by atoms with Crippen molar-refractivity contribution < 1.29 is 14.3 Å². The van der Waals surface area contributed by atoms with Crippen molar-refractivity contribution in [2.45, 2.75) is 13.5 Å². The lowest BCUT2D eigenvalue weighted by molar-refractivity contribution is 0.101. The van der Waals surface area contributed by atoms with Crippen LogP contribution in [0.15, 0.2) is 36.8 Å². The fourth-order valence-corrected chi connectivity index (χ4v) is 2.67. The molecule has 0 aliphatic heterocycles. The van der Waals surface area contributed by atoms with Gasteiger partial charge in [-0.25, -0.2) is 9.67 Å². The molecule has 26 heavy (non-hydrogen) atoms. The van der Waals surface area contributed by atoms with Gasteiger partial charge in [-0.2, -0.15) is 5.10 Å². The molecule has 8 nitrogen and oxygen atoms in total. The van der Waals surface area contributed by atoms with Crippen LogP contribution in [0, 0.1) is 6.92 Å². The van der Waals surface area contributed by atoms with Crippen molar-refractivity contribution in [2.24, 2.45) is 7.05 Å². The molecule has 0 aliphatic carbocycles. The van der Waals surface area contributed by atoms with Crippen LogP contribution in [0.25, 0.3) is 0 Å². The third-order valence-corrected chi connectivity index (χ3v) is 3.97. The Labute approximate surface area is 151 Å². The molecule has 1 N–H and O–H groups in total. The molecule has 0 atom stereocenters. The molecule has 2 heterocycles. The maximum atomic E-state index is 12.4. The maximum Gasteiger partial charge on any atom is 0.275 e. The molecule has 3 rings (SSSR count). The number of ether oxygens (including phenoxy) is 2. The van der Waals surface area contributed by atoms with Crippen LogP contribution in [-0.2, 0) is 13.6 Å². The highest BCUT2D eigenvalue weighted by Crippen LogP contribution is 2.28. The van der Waals surface area contributed by atoms with E-state index in [1.165, 1.54) is 6.20 Å². The van der Waals surface area contributed by atoms with E-state index >= 15 is 0 Å². The van der Waals surface area contributed by atoms with Crippen molar-refractivity contribution in [2.75, 3.05) is 19.5 Å². The zero-order valence-electron chi connectivity index (χ0n) is 15.2. The number of methoxy groups -OCH3 is 2. The van der Waals surface area contributed by atoms with Gasteiger partial charge in [0, 0.05) is 13.1 Å². The number of hydrogen-bond acceptors (Lipinski definition) is 5. The number of anilines is 1. The monoisotopic (exact) mass is 355 g/mol. The van der Waals surface area contributed by atoms with E-state index in [1.807, 2.05) is 31.2 Å². The number of aryl methyl sites for hydroxylation is 2. The van der Waals surface area contributed by atoms with Gasteiger partial charge in [0.1, 0.15) is 11.5 Å². The second-order valence-corrected chi connectivity index (χ2v) is 5.86. The fourth-order valence-electron chi connectivity index (χ4n) is 2.67. The third kappa shape index (κ3) is 3.53. The lowest BCUT2D eigenvalue weighted by Gasteiger charge is -2.12. The summed E-state index contributed by atoms with van der Waals surface area (Å²) in [5, 5.41) is 7.36. The van der Waals surface area contributed by atoms with Gasteiger partial charge in [0.05, 0.1) is 39.0 Å². The largest absolute Gasteiger partial charge is 0.493 e. The van der Waals surface area contributed by atoms with Crippen LogP contribution in [0.1, 0.15) is 21.7 Å². The molecule has 0 radical (unpaired) electrons. The Bertz CT molecular complexity index is 929. The van der Waals surface area contributed by atoms with Gasteiger partial charge in [-0.05, 0) is 24.6 Å². The standard InChI is InChI=1S/C18H21N5O3/c1-12-7-17(20-18(24)14-9-19-11-22(14)2)23(21-12)10-13-5-6-15(25-3)16(8-13)26-4/h5-9,11H,10H2,1-4H3,(H,20,24). The highest BCUT2D eigenvalue weighted by Gasteiger charge is 2.14. The van der Waals surface area contributed by atoms with Gasteiger partial charge >= 0.3 is 0 Å². The number of nitrogens with zero attached hydrogens (tertiary/aromatic N) is 4. The zero-order chi connectivity index (χ0) is 18.7. The second kappa shape index (κ2) is 7.30. The lowest BCUT2D eigenvalue weighted by atomic mass is 10.2. The van der Waals surface area contributed by atoms with E-state index in [4.69, 9.17) is 9.47 Å². The minimum atomic E-state index is -0.238. The van der Waals surface area contributed by atoms with Gasteiger partial charge < -0.3 is 19.4 Å². The Morgan fingerprint density at radius 3 is 2.62 bits per heavy atom. The number of nitrogens with one attached hydrogen (secondary N) is 1. The van der Waals surface area contributed by atoms with Gasteiger partial charge in [0.2, 0.25) is 0 Å². The summed E-state index contributed by atoms with van der Waals surface area (Å²) in [5.74, 6) is 1.69. The van der Waals surface area contributed by atoms with Crippen molar-refractivity contribution in [3.8, 4) is 11.5 Å². The fraction of sp³-hybridized carbons (Fsp3) is 0.278. The van der Waals surface area contributed by atoms with Crippen molar-refractivity contribution in [1.29, 1.82) is 0 Å². The van der Waals surface area contributed by atoms with Crippen LogP contribution in [-0.4, -0.2) is 39.5 Å². The van der Waals surface area contributed by atoms with E-state index < -0.39 is 0 Å². The number of hydrogen-bond donors (Lipinski definition) is 1. The number of carbonyl (C=O) groups excluding carboxylic acids is 1. The number of imidazole rings is 1. The molecule has 2 aromatic heterocycles. The molecular weight excluding hydrogens is 334 g/mol. The van der Waals surface area contributed by atoms with Gasteiger partial charge in [0.15, 0.2) is 11.5 Å². The van der Waals surface area contributed by atoms with E-state index in [1.54, 1.807) is 36.8 Å². The van der Waals surface area contributed by atoms with Crippen LogP contribution in [0.5, 0.6) is 11.5 Å². The van der Waals surface area contributed by atoms with Crippen LogP contribution >= 0.6 is 0 Å². The Hall–Kier alpha value is -3.29. The van der Waals surface area contributed by atoms with E-state index in [0.29, 0.717) is 29.6 Å². The number of benzene rings is 1. The number of aromatic nitrogens is 4. The van der Waals surface area contributed by atoms with Gasteiger partial charge in [0.25, 0.3) is 5.91 Å². The Kier molecular flexibility index (Phi) is 4.92. The molecule has 0 spiro atoms. The van der Waals surface area contributed by atoms with E-state index in [-0.39, 0.29) is 5.91 Å². The highest BCUT2D eigenvalue weighted by atomic mass is 16.5. The summed E-state index contributed by atoms with van der Waals surface area (Å²) in [5.41, 5.74) is 2.26. The minimum Gasteiger partial charge on any atom is -0.493 e. The van der Waals surface area contributed by atoms with E-state index in [2.05, 4.69) is 15.4 Å². The zero-order valence-corrected chi connectivity index (χ0v) is 15.2. The number of amides is 1. The molecule has 0 bridgehead atoms. The first-order valence-electron chi connectivity index (χ1n) is 8.05. The summed E-state index contributed by atoms with van der Waals surface area (Å²) in [4.78, 5) is 16.4. The van der Waals surface area contributed by atoms with Crippen LogP contribution in [0.4, 0.5) is 5.82 Å². The molecule has 8 heteroatoms. The van der Waals surface area contributed by atoms with Crippen molar-refractivity contribution >= 4 is 11.7 Å². The highest BCUT2D eigenvalue weighted by molar-refractivity contribution is 6.02. The summed E-state index contributed by atoms with van der Waals surface area (Å²) in [7, 11) is 4.97. The van der Waals surface area contributed by atoms with Gasteiger partial charge in [-0.3, -0.25) is 4.79 Å². The first-order chi connectivity index (χ1) is 12.5. The maximum absolute atomic E-state index is 12.4. The molecule has 1 amide bonds. The molecular formula is C18H21N5O3. The van der Waals surface area contributed by atoms with Crippen LogP contribution in [0.2, 0.25) is 0 Å². The molecule has 0 saturated carbocycles. The number of rotatable bonds is 6. The van der Waals surface area contributed by atoms with Gasteiger partial charge in [-0.15, -0.1) is 0 Å². The smallest absolute Gasteiger partial charge is 0.275 e. The molecule has 1 aromatic carbocycles. The topological polar surface area (TPSA) is 83.2 Å². The van der Waals surface area contributed by atoms with Crippen molar-refractivity contribution in [3.05, 3.63) is 53.7 Å². The normalized spacial score (nSPS) is 10.6. The Balaban J connectivity index is 1.83. The SMILES string of the molecule is COc1ccc(Cn2nc(C)cc2NC(=O)c2cncn2C)cc1OC. The predicted octanol–water partition coefficient (Wildman–Crippen LogP) is 2.24. The lowest BCUT2D eigenvalue weighted by Crippen LogP contribution is -2.18.